The van der Waals surface area contributed by atoms with Gasteiger partial charge in [-0.15, -0.1) is 0 Å². The first kappa shape index (κ1) is 13.1. The van der Waals surface area contributed by atoms with Gasteiger partial charge in [0, 0.05) is 0 Å². The SMILES string of the molecule is CC1(C(=O)OCc2ccccc2)CCCCC1O. The molecule has 1 aromatic carbocycles. The summed E-state index contributed by atoms with van der Waals surface area (Å²) in [6.45, 7) is 2.09. The zero-order chi connectivity index (χ0) is 13.0. The summed E-state index contributed by atoms with van der Waals surface area (Å²) in [5.74, 6) is -0.279. The maximum Gasteiger partial charge on any atom is 0.314 e. The largest absolute Gasteiger partial charge is 0.460 e. The van der Waals surface area contributed by atoms with E-state index < -0.39 is 11.5 Å². The summed E-state index contributed by atoms with van der Waals surface area (Å²) in [6.07, 6.45) is 2.80. The van der Waals surface area contributed by atoms with E-state index in [9.17, 15) is 9.90 Å². The van der Waals surface area contributed by atoms with Gasteiger partial charge < -0.3 is 9.84 Å². The van der Waals surface area contributed by atoms with E-state index in [1.165, 1.54) is 0 Å². The van der Waals surface area contributed by atoms with E-state index in [-0.39, 0.29) is 12.6 Å². The predicted molar refractivity (Wildman–Crippen MR) is 68.8 cm³/mol. The lowest BCUT2D eigenvalue weighted by Gasteiger charge is -2.35. The molecule has 18 heavy (non-hydrogen) atoms. The average molecular weight is 248 g/mol. The van der Waals surface area contributed by atoms with Gasteiger partial charge in [-0.25, -0.2) is 0 Å². The van der Waals surface area contributed by atoms with E-state index in [0.29, 0.717) is 12.8 Å². The quantitative estimate of drug-likeness (QED) is 0.836. The molecule has 3 heteroatoms. The number of carbonyl (C=O) groups excluding carboxylic acids is 1. The first-order valence-electron chi connectivity index (χ1n) is 6.52. The van der Waals surface area contributed by atoms with Crippen LogP contribution in [0.15, 0.2) is 30.3 Å². The van der Waals surface area contributed by atoms with Gasteiger partial charge >= 0.3 is 5.97 Å². The van der Waals surface area contributed by atoms with Crippen LogP contribution in [0.5, 0.6) is 0 Å². The zero-order valence-electron chi connectivity index (χ0n) is 10.8. The smallest absolute Gasteiger partial charge is 0.314 e. The highest BCUT2D eigenvalue weighted by atomic mass is 16.5. The van der Waals surface area contributed by atoms with E-state index >= 15 is 0 Å². The molecule has 2 unspecified atom stereocenters. The molecule has 98 valence electrons. The van der Waals surface area contributed by atoms with Crippen molar-refractivity contribution in [1.29, 1.82) is 0 Å². The third-order valence-electron chi connectivity index (χ3n) is 3.84. The first-order valence-corrected chi connectivity index (χ1v) is 6.52. The van der Waals surface area contributed by atoms with Crippen LogP contribution in [0.3, 0.4) is 0 Å². The minimum Gasteiger partial charge on any atom is -0.460 e. The first-order chi connectivity index (χ1) is 8.63. The fourth-order valence-corrected chi connectivity index (χ4v) is 2.44. The maximum atomic E-state index is 12.1. The molecular weight excluding hydrogens is 228 g/mol. The van der Waals surface area contributed by atoms with Crippen molar-refractivity contribution in [3.8, 4) is 0 Å². The molecule has 0 spiro atoms. The lowest BCUT2D eigenvalue weighted by Crippen LogP contribution is -2.43. The molecule has 1 fully saturated rings. The molecule has 0 radical (unpaired) electrons. The lowest BCUT2D eigenvalue weighted by atomic mass is 9.73. The summed E-state index contributed by atoms with van der Waals surface area (Å²) < 4.78 is 5.34. The topological polar surface area (TPSA) is 46.5 Å². The second kappa shape index (κ2) is 5.53. The van der Waals surface area contributed by atoms with Crippen molar-refractivity contribution < 1.29 is 14.6 Å². The van der Waals surface area contributed by atoms with Crippen molar-refractivity contribution in [2.75, 3.05) is 0 Å². The Morgan fingerprint density at radius 3 is 2.78 bits per heavy atom. The van der Waals surface area contributed by atoms with Gasteiger partial charge in [0.1, 0.15) is 6.61 Å². The molecule has 1 aliphatic rings. The highest BCUT2D eigenvalue weighted by Crippen LogP contribution is 2.37. The number of hydrogen-bond donors (Lipinski definition) is 1. The van der Waals surface area contributed by atoms with E-state index in [4.69, 9.17) is 4.74 Å². The van der Waals surface area contributed by atoms with Gasteiger partial charge in [0.25, 0.3) is 0 Å². The van der Waals surface area contributed by atoms with Crippen molar-refractivity contribution in [1.82, 2.24) is 0 Å². The fourth-order valence-electron chi connectivity index (χ4n) is 2.44. The van der Waals surface area contributed by atoms with E-state index in [1.54, 1.807) is 0 Å². The summed E-state index contributed by atoms with van der Waals surface area (Å²) in [6, 6.07) is 9.61. The molecule has 2 rings (SSSR count). The number of benzene rings is 1. The van der Waals surface area contributed by atoms with Crippen LogP contribution in [0.1, 0.15) is 38.2 Å². The van der Waals surface area contributed by atoms with Crippen LogP contribution < -0.4 is 0 Å². The number of esters is 1. The van der Waals surface area contributed by atoms with Crippen LogP contribution in [-0.4, -0.2) is 17.2 Å². The Bertz CT molecular complexity index is 401. The number of hydrogen-bond acceptors (Lipinski definition) is 3. The van der Waals surface area contributed by atoms with Crippen LogP contribution in [0, 0.1) is 5.41 Å². The van der Waals surface area contributed by atoms with Gasteiger partial charge in [0.2, 0.25) is 0 Å². The minimum absolute atomic E-state index is 0.279. The highest BCUT2D eigenvalue weighted by molar-refractivity contribution is 5.77. The Morgan fingerprint density at radius 2 is 2.11 bits per heavy atom. The molecular formula is C15H20O3. The van der Waals surface area contributed by atoms with Crippen molar-refractivity contribution in [3.63, 3.8) is 0 Å². The average Bonchev–Trinajstić information content (AvgIpc) is 2.40. The van der Waals surface area contributed by atoms with Crippen molar-refractivity contribution in [3.05, 3.63) is 35.9 Å². The Morgan fingerprint density at radius 1 is 1.39 bits per heavy atom. The third-order valence-corrected chi connectivity index (χ3v) is 3.84. The van der Waals surface area contributed by atoms with E-state index in [1.807, 2.05) is 37.3 Å². The van der Waals surface area contributed by atoms with Crippen LogP contribution >= 0.6 is 0 Å². The minimum atomic E-state index is -0.729. The van der Waals surface area contributed by atoms with Gasteiger partial charge in [0.05, 0.1) is 11.5 Å². The molecule has 0 aliphatic heterocycles. The zero-order valence-corrected chi connectivity index (χ0v) is 10.8. The summed E-state index contributed by atoms with van der Waals surface area (Å²) in [5.41, 5.74) is 0.243. The van der Waals surface area contributed by atoms with Crippen molar-refractivity contribution >= 4 is 5.97 Å². The molecule has 0 aromatic heterocycles. The van der Waals surface area contributed by atoms with Gasteiger partial charge in [-0.05, 0) is 25.3 Å². The Kier molecular flexibility index (Phi) is 4.02. The molecule has 1 aromatic rings. The predicted octanol–water partition coefficient (Wildman–Crippen LogP) is 2.67. The maximum absolute atomic E-state index is 12.1. The summed E-state index contributed by atoms with van der Waals surface area (Å²) >= 11 is 0. The molecule has 0 amide bonds. The molecule has 3 nitrogen and oxygen atoms in total. The van der Waals surface area contributed by atoms with Gasteiger partial charge in [-0.3, -0.25) is 4.79 Å². The molecule has 0 saturated heterocycles. The monoisotopic (exact) mass is 248 g/mol. The Labute approximate surface area is 108 Å². The summed E-state index contributed by atoms with van der Waals surface area (Å²) in [5, 5.41) is 9.99. The van der Waals surface area contributed by atoms with E-state index in [2.05, 4.69) is 0 Å². The van der Waals surface area contributed by atoms with Crippen LogP contribution in [0.4, 0.5) is 0 Å². The Hall–Kier alpha value is -1.35. The number of ether oxygens (including phenoxy) is 1. The molecule has 0 bridgehead atoms. The molecule has 1 aliphatic carbocycles. The van der Waals surface area contributed by atoms with Crippen molar-refractivity contribution in [2.24, 2.45) is 5.41 Å². The number of aliphatic hydroxyl groups excluding tert-OH is 1. The van der Waals surface area contributed by atoms with Gasteiger partial charge in [-0.1, -0.05) is 43.2 Å². The van der Waals surface area contributed by atoms with Gasteiger partial charge in [-0.2, -0.15) is 0 Å². The van der Waals surface area contributed by atoms with Crippen LogP contribution in [0.2, 0.25) is 0 Å². The number of rotatable bonds is 3. The third kappa shape index (κ3) is 2.72. The Balaban J connectivity index is 1.95. The second-order valence-electron chi connectivity index (χ2n) is 5.24. The normalized spacial score (nSPS) is 27.8. The van der Waals surface area contributed by atoms with Crippen LogP contribution in [0.25, 0.3) is 0 Å². The summed E-state index contributed by atoms with van der Waals surface area (Å²) in [7, 11) is 0. The van der Waals surface area contributed by atoms with E-state index in [0.717, 1.165) is 18.4 Å². The van der Waals surface area contributed by atoms with Crippen molar-refractivity contribution in [2.45, 2.75) is 45.3 Å². The van der Waals surface area contributed by atoms with Gasteiger partial charge in [0.15, 0.2) is 0 Å². The van der Waals surface area contributed by atoms with Crippen LogP contribution in [-0.2, 0) is 16.1 Å². The summed E-state index contributed by atoms with van der Waals surface area (Å²) in [4.78, 5) is 12.1. The highest BCUT2D eigenvalue weighted by Gasteiger charge is 2.43. The lowest BCUT2D eigenvalue weighted by molar-refractivity contribution is -0.166. The molecule has 1 saturated carbocycles. The number of aliphatic hydroxyl groups is 1. The molecule has 2 atom stereocenters. The fraction of sp³-hybridized carbons (Fsp3) is 0.533. The number of carbonyl (C=O) groups is 1. The second-order valence-corrected chi connectivity index (χ2v) is 5.24. The molecule has 1 N–H and O–H groups in total. The standard InChI is InChI=1S/C15H20O3/c1-15(10-6-5-9-13(15)16)14(17)18-11-12-7-3-2-4-8-12/h2-4,7-8,13,16H,5-6,9-11H2,1H3. The molecule has 0 heterocycles.